The molecule has 22 heavy (non-hydrogen) atoms. The van der Waals surface area contributed by atoms with E-state index < -0.39 is 6.09 Å². The van der Waals surface area contributed by atoms with E-state index in [1.807, 2.05) is 58.2 Å². The van der Waals surface area contributed by atoms with Gasteiger partial charge in [-0.15, -0.1) is 11.8 Å². The first kappa shape index (κ1) is 18.5. The third-order valence-corrected chi connectivity index (χ3v) is 3.72. The molecule has 1 aromatic carbocycles. The Bertz CT molecular complexity index is 513. The highest BCUT2D eigenvalue weighted by Crippen LogP contribution is 2.17. The maximum atomic E-state index is 11.5. The first-order valence-electron chi connectivity index (χ1n) is 7.29. The van der Waals surface area contributed by atoms with Crippen molar-refractivity contribution in [2.24, 2.45) is 10.7 Å². The normalized spacial score (nSPS) is 14.6. The number of nitrogens with two attached hydrogens (primary N) is 1. The van der Waals surface area contributed by atoms with E-state index in [0.717, 1.165) is 10.6 Å². The molecule has 1 aromatic rings. The molecule has 0 heterocycles. The van der Waals surface area contributed by atoms with E-state index in [4.69, 9.17) is 10.5 Å². The minimum absolute atomic E-state index is 0.00823. The van der Waals surface area contributed by atoms with Gasteiger partial charge in [-0.05, 0) is 46.1 Å². The summed E-state index contributed by atoms with van der Waals surface area (Å²) in [6.07, 6.45) is 1.39. The van der Waals surface area contributed by atoms with Crippen LogP contribution in [-0.2, 0) is 4.74 Å². The molecule has 0 radical (unpaired) electrons. The van der Waals surface area contributed by atoms with Crippen LogP contribution in [0.4, 0.5) is 10.5 Å². The summed E-state index contributed by atoms with van der Waals surface area (Å²) in [4.78, 5) is 16.2. The molecule has 5 nitrogen and oxygen atoms in total. The quantitative estimate of drug-likeness (QED) is 0.642. The smallest absolute Gasteiger partial charge is 0.411 e. The molecule has 2 atom stereocenters. The van der Waals surface area contributed by atoms with Crippen LogP contribution in [0.5, 0.6) is 0 Å². The van der Waals surface area contributed by atoms with Gasteiger partial charge in [-0.2, -0.15) is 0 Å². The molecule has 0 aliphatic rings. The number of carbonyl (C=O) groups is 1. The fourth-order valence-corrected chi connectivity index (χ4v) is 2.25. The highest BCUT2D eigenvalue weighted by molar-refractivity contribution is 8.13. The van der Waals surface area contributed by atoms with Crippen molar-refractivity contribution in [3.05, 3.63) is 29.8 Å². The number of anilines is 1. The Balaban J connectivity index is 2.80. The molecule has 6 heteroatoms. The van der Waals surface area contributed by atoms with E-state index >= 15 is 0 Å². The summed E-state index contributed by atoms with van der Waals surface area (Å²) in [5.74, 6) is 0. The lowest BCUT2D eigenvalue weighted by Crippen LogP contribution is -2.28. The number of hydrogen-bond donors (Lipinski definition) is 2. The van der Waals surface area contributed by atoms with Crippen LogP contribution < -0.4 is 11.1 Å². The monoisotopic (exact) mass is 323 g/mol. The third kappa shape index (κ3) is 6.07. The zero-order chi connectivity index (χ0) is 16.7. The van der Waals surface area contributed by atoms with Crippen molar-refractivity contribution >= 4 is 28.6 Å². The van der Waals surface area contributed by atoms with E-state index in [9.17, 15) is 4.79 Å². The number of carbonyl (C=O) groups excluding carboxylic acids is 1. The van der Waals surface area contributed by atoms with Crippen LogP contribution >= 0.6 is 11.8 Å². The van der Waals surface area contributed by atoms with Gasteiger partial charge < -0.3 is 10.5 Å². The van der Waals surface area contributed by atoms with Gasteiger partial charge in [-0.1, -0.05) is 12.1 Å². The van der Waals surface area contributed by atoms with Gasteiger partial charge in [-0.3, -0.25) is 10.3 Å². The molecular weight excluding hydrogens is 298 g/mol. The molecule has 3 N–H and O–H groups in total. The van der Waals surface area contributed by atoms with Gasteiger partial charge >= 0.3 is 6.09 Å². The summed E-state index contributed by atoms with van der Waals surface area (Å²) in [5, 5.41) is 3.62. The van der Waals surface area contributed by atoms with Crippen molar-refractivity contribution in [2.45, 2.75) is 45.9 Å². The van der Waals surface area contributed by atoms with Crippen molar-refractivity contribution in [1.29, 1.82) is 0 Å². The summed E-state index contributed by atoms with van der Waals surface area (Å²) >= 11 is 1.58. The SMILES string of the molecule is CS/C(=N\C(C)C(C)N)c1ccc(NC(=O)OC(C)C)cc1. The average Bonchev–Trinajstić information content (AvgIpc) is 2.44. The number of hydrogen-bond acceptors (Lipinski definition) is 5. The predicted octanol–water partition coefficient (Wildman–Crippen LogP) is 3.49. The van der Waals surface area contributed by atoms with Crippen LogP contribution in [0.15, 0.2) is 29.3 Å². The van der Waals surface area contributed by atoms with Crippen molar-refractivity contribution in [3.63, 3.8) is 0 Å². The molecule has 0 saturated carbocycles. The predicted molar refractivity (Wildman–Crippen MR) is 94.8 cm³/mol. The van der Waals surface area contributed by atoms with Crippen LogP contribution in [0.1, 0.15) is 33.3 Å². The number of nitrogens with one attached hydrogen (secondary N) is 1. The molecule has 0 spiro atoms. The summed E-state index contributed by atoms with van der Waals surface area (Å²) in [6, 6.07) is 7.58. The van der Waals surface area contributed by atoms with Gasteiger partial charge in [0.1, 0.15) is 0 Å². The fraction of sp³-hybridized carbons (Fsp3) is 0.500. The molecule has 0 aliphatic carbocycles. The van der Waals surface area contributed by atoms with Gasteiger partial charge in [0.2, 0.25) is 0 Å². The molecule has 0 fully saturated rings. The average molecular weight is 323 g/mol. The minimum atomic E-state index is -0.452. The molecule has 0 saturated heterocycles. The Kier molecular flexibility index (Phi) is 7.41. The number of ether oxygens (including phenoxy) is 1. The van der Waals surface area contributed by atoms with Crippen molar-refractivity contribution < 1.29 is 9.53 Å². The second kappa shape index (κ2) is 8.80. The lowest BCUT2D eigenvalue weighted by atomic mass is 10.2. The zero-order valence-corrected chi connectivity index (χ0v) is 14.6. The first-order chi connectivity index (χ1) is 10.3. The van der Waals surface area contributed by atoms with Crippen LogP contribution in [0, 0.1) is 0 Å². The number of nitrogens with zero attached hydrogens (tertiary/aromatic N) is 1. The van der Waals surface area contributed by atoms with Crippen LogP contribution in [0.25, 0.3) is 0 Å². The highest BCUT2D eigenvalue weighted by atomic mass is 32.2. The first-order valence-corrected chi connectivity index (χ1v) is 8.51. The number of aliphatic imine (C=N–C) groups is 1. The molecule has 1 rings (SSSR count). The summed E-state index contributed by atoms with van der Waals surface area (Å²) in [5.41, 5.74) is 7.55. The van der Waals surface area contributed by atoms with E-state index in [2.05, 4.69) is 10.3 Å². The minimum Gasteiger partial charge on any atom is -0.447 e. The number of amides is 1. The highest BCUT2D eigenvalue weighted by Gasteiger charge is 2.10. The van der Waals surface area contributed by atoms with Crippen LogP contribution in [0.3, 0.4) is 0 Å². The molecule has 2 unspecified atom stereocenters. The summed E-state index contributed by atoms with van der Waals surface area (Å²) in [7, 11) is 0. The molecule has 0 aromatic heterocycles. The largest absolute Gasteiger partial charge is 0.447 e. The lowest BCUT2D eigenvalue weighted by Gasteiger charge is -2.13. The molecule has 0 aliphatic heterocycles. The van der Waals surface area contributed by atoms with Crippen molar-refractivity contribution in [2.75, 3.05) is 11.6 Å². The second-order valence-corrected chi connectivity index (χ2v) is 6.19. The number of rotatable bonds is 5. The fourth-order valence-electron chi connectivity index (χ4n) is 1.61. The molecule has 1 amide bonds. The number of benzene rings is 1. The third-order valence-electron chi connectivity index (χ3n) is 3.00. The lowest BCUT2D eigenvalue weighted by molar-refractivity contribution is 0.130. The van der Waals surface area contributed by atoms with E-state index in [1.54, 1.807) is 11.8 Å². The standard InChI is InChI=1S/C16H25N3O2S/c1-10(2)21-16(20)19-14-8-6-13(7-9-14)15(22-5)18-12(4)11(3)17/h6-12H,17H2,1-5H3,(H,19,20)/b18-15-. The summed E-state index contributed by atoms with van der Waals surface area (Å²) < 4.78 is 5.04. The topological polar surface area (TPSA) is 76.7 Å². The Labute approximate surface area is 136 Å². The maximum Gasteiger partial charge on any atom is 0.411 e. The Morgan fingerprint density at radius 2 is 1.82 bits per heavy atom. The van der Waals surface area contributed by atoms with Gasteiger partial charge in [-0.25, -0.2) is 4.79 Å². The molecular formula is C16H25N3O2S. The summed E-state index contributed by atoms with van der Waals surface area (Å²) in [6.45, 7) is 7.56. The second-order valence-electron chi connectivity index (χ2n) is 5.39. The van der Waals surface area contributed by atoms with Gasteiger partial charge in [0.25, 0.3) is 0 Å². The van der Waals surface area contributed by atoms with E-state index in [-0.39, 0.29) is 18.2 Å². The molecule has 122 valence electrons. The Morgan fingerprint density at radius 1 is 1.23 bits per heavy atom. The van der Waals surface area contributed by atoms with Crippen LogP contribution in [0.2, 0.25) is 0 Å². The van der Waals surface area contributed by atoms with Crippen molar-refractivity contribution in [1.82, 2.24) is 0 Å². The van der Waals surface area contributed by atoms with Gasteiger partial charge in [0.15, 0.2) is 0 Å². The van der Waals surface area contributed by atoms with E-state index in [1.165, 1.54) is 0 Å². The maximum absolute atomic E-state index is 11.5. The number of thioether (sulfide) groups is 1. The van der Waals surface area contributed by atoms with E-state index in [0.29, 0.717) is 5.69 Å². The Morgan fingerprint density at radius 3 is 2.27 bits per heavy atom. The van der Waals surface area contributed by atoms with Crippen molar-refractivity contribution in [3.8, 4) is 0 Å². The Hall–Kier alpha value is -1.53. The van der Waals surface area contributed by atoms with Gasteiger partial charge in [0, 0.05) is 17.3 Å². The zero-order valence-electron chi connectivity index (χ0n) is 13.8. The van der Waals surface area contributed by atoms with Crippen LogP contribution in [-0.4, -0.2) is 35.6 Å². The van der Waals surface area contributed by atoms with Gasteiger partial charge in [0.05, 0.1) is 17.2 Å². The molecule has 0 bridgehead atoms.